The van der Waals surface area contributed by atoms with Gasteiger partial charge in [0.1, 0.15) is 0 Å². The molecule has 1 saturated carbocycles. The fourth-order valence-corrected chi connectivity index (χ4v) is 1.56. The third-order valence-corrected chi connectivity index (χ3v) is 2.43. The molecule has 0 amide bonds. The fourth-order valence-electron chi connectivity index (χ4n) is 1.56. The van der Waals surface area contributed by atoms with E-state index in [2.05, 4.69) is 0 Å². The second-order valence-corrected chi connectivity index (χ2v) is 3.39. The second kappa shape index (κ2) is 3.46. The van der Waals surface area contributed by atoms with Gasteiger partial charge in [-0.15, -0.1) is 0 Å². The van der Waals surface area contributed by atoms with Gasteiger partial charge in [0, 0.05) is 22.7 Å². The van der Waals surface area contributed by atoms with Crippen LogP contribution < -0.4 is 0 Å². The third kappa shape index (κ3) is 1.96. The van der Waals surface area contributed by atoms with Crippen LogP contribution in [0.25, 0.3) is 0 Å². The Morgan fingerprint density at radius 3 is 2.21 bits per heavy atom. The van der Waals surface area contributed by atoms with Crippen LogP contribution in [0.1, 0.15) is 19.3 Å². The van der Waals surface area contributed by atoms with Crippen molar-refractivity contribution in [1.29, 1.82) is 0 Å². The molecule has 0 aromatic heterocycles. The molecular weight excluding hydrogens is 196 g/mol. The van der Waals surface area contributed by atoms with E-state index >= 15 is 0 Å². The molecule has 0 aliphatic heterocycles. The standard InChI is InChI=1S/C6H10N2O6/c9-6(10)2-1-4(7(11)12)3-5(6)8(13)14/h4-5,9-10H,1-3H2. The van der Waals surface area contributed by atoms with Gasteiger partial charge in [-0.3, -0.25) is 20.2 Å². The van der Waals surface area contributed by atoms with Crippen molar-refractivity contribution in [3.63, 3.8) is 0 Å². The van der Waals surface area contributed by atoms with Gasteiger partial charge in [-0.05, 0) is 0 Å². The van der Waals surface area contributed by atoms with Crippen molar-refractivity contribution < 1.29 is 20.1 Å². The molecule has 0 radical (unpaired) electrons. The summed E-state index contributed by atoms with van der Waals surface area (Å²) in [4.78, 5) is 19.3. The zero-order chi connectivity index (χ0) is 10.9. The van der Waals surface area contributed by atoms with Gasteiger partial charge in [0.2, 0.25) is 11.8 Å². The van der Waals surface area contributed by atoms with Crippen molar-refractivity contribution in [1.82, 2.24) is 0 Å². The van der Waals surface area contributed by atoms with E-state index in [4.69, 9.17) is 0 Å². The van der Waals surface area contributed by atoms with Gasteiger partial charge >= 0.3 is 0 Å². The summed E-state index contributed by atoms with van der Waals surface area (Å²) in [6.07, 6.45) is -0.832. The van der Waals surface area contributed by atoms with Crippen molar-refractivity contribution in [2.75, 3.05) is 0 Å². The van der Waals surface area contributed by atoms with Crippen LogP contribution in [0, 0.1) is 20.2 Å². The average molecular weight is 206 g/mol. The Morgan fingerprint density at radius 1 is 1.21 bits per heavy atom. The van der Waals surface area contributed by atoms with Crippen molar-refractivity contribution >= 4 is 0 Å². The van der Waals surface area contributed by atoms with E-state index in [1.54, 1.807) is 0 Å². The number of hydrogen-bond donors (Lipinski definition) is 2. The number of nitro groups is 2. The van der Waals surface area contributed by atoms with Crippen LogP contribution in [0.15, 0.2) is 0 Å². The first-order valence-corrected chi connectivity index (χ1v) is 4.06. The van der Waals surface area contributed by atoms with Crippen LogP contribution in [-0.2, 0) is 0 Å². The zero-order valence-electron chi connectivity index (χ0n) is 7.20. The van der Waals surface area contributed by atoms with Crippen molar-refractivity contribution in [2.24, 2.45) is 0 Å². The largest absolute Gasteiger partial charge is 0.360 e. The summed E-state index contributed by atoms with van der Waals surface area (Å²) in [6.45, 7) is 0. The summed E-state index contributed by atoms with van der Waals surface area (Å²) < 4.78 is 0. The molecule has 80 valence electrons. The maximum Gasteiger partial charge on any atom is 0.272 e. The lowest BCUT2D eigenvalue weighted by molar-refractivity contribution is -0.597. The molecule has 14 heavy (non-hydrogen) atoms. The van der Waals surface area contributed by atoms with Crippen molar-refractivity contribution in [3.05, 3.63) is 20.2 Å². The van der Waals surface area contributed by atoms with Crippen LogP contribution in [0.5, 0.6) is 0 Å². The van der Waals surface area contributed by atoms with Gasteiger partial charge in [0.05, 0.1) is 6.42 Å². The van der Waals surface area contributed by atoms with Crippen molar-refractivity contribution in [3.8, 4) is 0 Å². The van der Waals surface area contributed by atoms with Gasteiger partial charge in [-0.25, -0.2) is 0 Å². The lowest BCUT2D eigenvalue weighted by Crippen LogP contribution is -2.53. The van der Waals surface area contributed by atoms with E-state index in [1.165, 1.54) is 0 Å². The van der Waals surface area contributed by atoms with Crippen LogP contribution in [0.3, 0.4) is 0 Å². The first-order chi connectivity index (χ1) is 6.34. The molecule has 8 heteroatoms. The van der Waals surface area contributed by atoms with Crippen LogP contribution in [0.2, 0.25) is 0 Å². The molecule has 1 aliphatic carbocycles. The van der Waals surface area contributed by atoms with Gasteiger partial charge in [0.25, 0.3) is 6.04 Å². The lowest BCUT2D eigenvalue weighted by atomic mass is 9.86. The molecule has 0 aromatic rings. The number of nitrogens with zero attached hydrogens (tertiary/aromatic N) is 2. The van der Waals surface area contributed by atoms with Gasteiger partial charge < -0.3 is 10.2 Å². The van der Waals surface area contributed by atoms with E-state index in [0.717, 1.165) is 0 Å². The molecule has 1 fully saturated rings. The Hall–Kier alpha value is -1.28. The first kappa shape index (κ1) is 10.8. The quantitative estimate of drug-likeness (QED) is 0.344. The molecule has 1 aliphatic rings. The minimum absolute atomic E-state index is 0.0513. The van der Waals surface area contributed by atoms with E-state index in [-0.39, 0.29) is 12.8 Å². The molecule has 0 saturated heterocycles. The SMILES string of the molecule is O=[N+]([O-])C1CCC(O)(O)C([N+](=O)[O-])C1. The lowest BCUT2D eigenvalue weighted by Gasteiger charge is -2.30. The highest BCUT2D eigenvalue weighted by atomic mass is 16.6. The summed E-state index contributed by atoms with van der Waals surface area (Å²) in [7, 11) is 0. The topological polar surface area (TPSA) is 127 Å². The molecule has 0 aromatic carbocycles. The molecule has 1 rings (SSSR count). The van der Waals surface area contributed by atoms with Crippen LogP contribution in [0.4, 0.5) is 0 Å². The molecule has 0 bridgehead atoms. The summed E-state index contributed by atoms with van der Waals surface area (Å²) >= 11 is 0. The third-order valence-electron chi connectivity index (χ3n) is 2.43. The highest BCUT2D eigenvalue weighted by Gasteiger charge is 2.52. The Morgan fingerprint density at radius 2 is 1.79 bits per heavy atom. The normalized spacial score (nSPS) is 31.0. The van der Waals surface area contributed by atoms with Crippen molar-refractivity contribution in [2.45, 2.75) is 37.1 Å². The van der Waals surface area contributed by atoms with E-state index in [0.29, 0.717) is 0 Å². The van der Waals surface area contributed by atoms with Gasteiger partial charge in [0.15, 0.2) is 0 Å². The molecule has 8 nitrogen and oxygen atoms in total. The maximum atomic E-state index is 10.4. The molecular formula is C6H10N2O6. The molecule has 0 spiro atoms. The van der Waals surface area contributed by atoms with E-state index in [9.17, 15) is 30.4 Å². The summed E-state index contributed by atoms with van der Waals surface area (Å²) in [6, 6.07) is -2.73. The predicted octanol–water partition coefficient (Wildman–Crippen LogP) is -0.858. The van der Waals surface area contributed by atoms with Gasteiger partial charge in [-0.2, -0.15) is 0 Å². The van der Waals surface area contributed by atoms with Crippen LogP contribution in [-0.4, -0.2) is 37.9 Å². The average Bonchev–Trinajstić information content (AvgIpc) is 2.02. The van der Waals surface area contributed by atoms with E-state index < -0.39 is 34.1 Å². The molecule has 2 unspecified atom stereocenters. The number of hydrogen-bond acceptors (Lipinski definition) is 6. The van der Waals surface area contributed by atoms with E-state index in [1.807, 2.05) is 0 Å². The smallest absolute Gasteiger partial charge is 0.272 e. The Kier molecular flexibility index (Phi) is 2.67. The summed E-state index contributed by atoms with van der Waals surface area (Å²) in [5, 5.41) is 39.1. The minimum Gasteiger partial charge on any atom is -0.360 e. The molecule has 2 atom stereocenters. The predicted molar refractivity (Wildman–Crippen MR) is 42.6 cm³/mol. The zero-order valence-corrected chi connectivity index (χ0v) is 7.20. The van der Waals surface area contributed by atoms with Gasteiger partial charge in [-0.1, -0.05) is 0 Å². The number of aliphatic hydroxyl groups is 2. The monoisotopic (exact) mass is 206 g/mol. The maximum absolute atomic E-state index is 10.4. The molecule has 2 N–H and O–H groups in total. The fraction of sp³-hybridized carbons (Fsp3) is 1.00. The Bertz CT molecular complexity index is 265. The highest BCUT2D eigenvalue weighted by Crippen LogP contribution is 2.29. The highest BCUT2D eigenvalue weighted by molar-refractivity contribution is 4.85. The Labute approximate surface area is 78.5 Å². The van der Waals surface area contributed by atoms with Crippen LogP contribution >= 0.6 is 0 Å². The summed E-state index contributed by atoms with van der Waals surface area (Å²) in [5.41, 5.74) is 0. The second-order valence-electron chi connectivity index (χ2n) is 3.39. The minimum atomic E-state index is -2.42. The number of rotatable bonds is 2. The summed E-state index contributed by atoms with van der Waals surface area (Å²) in [5.74, 6) is -2.42. The molecule has 0 heterocycles. The first-order valence-electron chi connectivity index (χ1n) is 4.06. The Balaban J connectivity index is 2.77.